The topological polar surface area (TPSA) is 114 Å². The summed E-state index contributed by atoms with van der Waals surface area (Å²) in [5.74, 6) is 0.620. The van der Waals surface area contributed by atoms with E-state index in [1.165, 1.54) is 12.1 Å². The van der Waals surface area contributed by atoms with Crippen molar-refractivity contribution in [3.8, 4) is 5.75 Å². The van der Waals surface area contributed by atoms with Gasteiger partial charge in [-0.05, 0) is 49.4 Å². The van der Waals surface area contributed by atoms with Gasteiger partial charge in [0.25, 0.3) is 20.0 Å². The Labute approximate surface area is 145 Å². The normalized spacial score (nSPS) is 15.1. The maximum atomic E-state index is 12.5. The van der Waals surface area contributed by atoms with Gasteiger partial charge >= 0.3 is 0 Å². The zero-order valence-corrected chi connectivity index (χ0v) is 14.8. The Morgan fingerprint density at radius 1 is 1.16 bits per heavy atom. The Bertz CT molecular complexity index is 1030. The van der Waals surface area contributed by atoms with E-state index < -0.39 is 20.0 Å². The molecule has 0 saturated carbocycles. The van der Waals surface area contributed by atoms with Crippen LogP contribution in [0.15, 0.2) is 56.7 Å². The molecule has 0 radical (unpaired) electrons. The van der Waals surface area contributed by atoms with Gasteiger partial charge in [-0.2, -0.15) is 8.42 Å². The van der Waals surface area contributed by atoms with Gasteiger partial charge in [0.05, 0.1) is 17.2 Å². The maximum Gasteiger partial charge on any atom is 0.285 e. The second kappa shape index (κ2) is 6.37. The van der Waals surface area contributed by atoms with Gasteiger partial charge in [0, 0.05) is 5.69 Å². The quantitative estimate of drug-likeness (QED) is 0.819. The maximum absolute atomic E-state index is 12.5. The van der Waals surface area contributed by atoms with Crippen molar-refractivity contribution in [1.82, 2.24) is 0 Å². The van der Waals surface area contributed by atoms with Crippen molar-refractivity contribution in [2.75, 3.05) is 16.6 Å². The third kappa shape index (κ3) is 3.59. The Morgan fingerprint density at radius 2 is 1.88 bits per heavy atom. The summed E-state index contributed by atoms with van der Waals surface area (Å²) < 4.78 is 60.0. The Balaban J connectivity index is 1.91. The molecule has 0 amide bonds. The number of benzene rings is 2. The molecule has 25 heavy (non-hydrogen) atoms. The molecule has 0 aliphatic carbocycles. The Morgan fingerprint density at radius 3 is 2.56 bits per heavy atom. The summed E-state index contributed by atoms with van der Waals surface area (Å²) in [6.45, 7) is 2.35. The Hall–Kier alpha value is -2.59. The number of nitrogens with zero attached hydrogens (tertiary/aromatic N) is 1. The van der Waals surface area contributed by atoms with E-state index in [1.54, 1.807) is 24.3 Å². The third-order valence-electron chi connectivity index (χ3n) is 3.37. The summed E-state index contributed by atoms with van der Waals surface area (Å²) >= 11 is 0. The fourth-order valence-electron chi connectivity index (χ4n) is 2.22. The summed E-state index contributed by atoms with van der Waals surface area (Å²) in [4.78, 5) is -0.368. The number of hydrogen-bond donors (Lipinski definition) is 2. The van der Waals surface area contributed by atoms with Crippen LogP contribution in [0, 0.1) is 0 Å². The molecule has 1 heterocycles. The van der Waals surface area contributed by atoms with Crippen LogP contribution < -0.4 is 14.8 Å². The number of anilines is 2. The van der Waals surface area contributed by atoms with Crippen molar-refractivity contribution in [2.24, 2.45) is 4.40 Å². The molecular weight excluding hydrogens is 366 g/mol. The summed E-state index contributed by atoms with van der Waals surface area (Å²) in [6, 6.07) is 10.2. The lowest BCUT2D eigenvalue weighted by Crippen LogP contribution is -2.16. The molecule has 0 unspecified atom stereocenters. The van der Waals surface area contributed by atoms with Gasteiger partial charge in [-0.3, -0.25) is 4.72 Å². The summed E-state index contributed by atoms with van der Waals surface area (Å²) in [6.07, 6.45) is 1.05. The first-order chi connectivity index (χ1) is 11.8. The molecule has 0 aromatic heterocycles. The Kier molecular flexibility index (Phi) is 4.39. The van der Waals surface area contributed by atoms with Crippen molar-refractivity contribution in [1.29, 1.82) is 0 Å². The molecule has 0 saturated heterocycles. The minimum atomic E-state index is -3.96. The number of hydrogen-bond acceptors (Lipinski definition) is 6. The second-order valence-corrected chi connectivity index (χ2v) is 8.36. The van der Waals surface area contributed by atoms with Crippen molar-refractivity contribution in [3.05, 3.63) is 42.5 Å². The highest BCUT2D eigenvalue weighted by Crippen LogP contribution is 2.29. The predicted molar refractivity (Wildman–Crippen MR) is 94.2 cm³/mol. The lowest BCUT2D eigenvalue weighted by molar-refractivity contribution is 0.340. The van der Waals surface area contributed by atoms with Crippen LogP contribution in [0.25, 0.3) is 0 Å². The number of nitrogens with one attached hydrogen (secondary N) is 2. The molecule has 0 fully saturated rings. The number of ether oxygens (including phenoxy) is 1. The lowest BCUT2D eigenvalue weighted by atomic mass is 10.3. The van der Waals surface area contributed by atoms with Gasteiger partial charge < -0.3 is 10.1 Å². The van der Waals surface area contributed by atoms with Crippen LogP contribution >= 0.6 is 0 Å². The molecule has 132 valence electrons. The molecule has 2 aromatic carbocycles. The van der Waals surface area contributed by atoms with Crippen molar-refractivity contribution < 1.29 is 21.6 Å². The smallest absolute Gasteiger partial charge is 0.285 e. The third-order valence-corrected chi connectivity index (χ3v) is 6.03. The van der Waals surface area contributed by atoms with E-state index in [9.17, 15) is 16.8 Å². The molecule has 0 atom stereocenters. The first-order valence-corrected chi connectivity index (χ1v) is 10.2. The average Bonchev–Trinajstić information content (AvgIpc) is 2.56. The van der Waals surface area contributed by atoms with Crippen LogP contribution in [0.1, 0.15) is 6.92 Å². The fraction of sp³-hybridized carbons (Fsp3) is 0.133. The number of rotatable bonds is 5. The van der Waals surface area contributed by atoms with Gasteiger partial charge in [0.2, 0.25) is 0 Å². The second-order valence-electron chi connectivity index (χ2n) is 5.07. The molecule has 8 nitrogen and oxygen atoms in total. The minimum Gasteiger partial charge on any atom is -0.494 e. The van der Waals surface area contributed by atoms with E-state index >= 15 is 0 Å². The van der Waals surface area contributed by atoms with E-state index in [2.05, 4.69) is 14.4 Å². The van der Waals surface area contributed by atoms with Crippen LogP contribution in [0.3, 0.4) is 0 Å². The molecule has 0 bridgehead atoms. The average molecular weight is 381 g/mol. The lowest BCUT2D eigenvalue weighted by Gasteiger charge is -2.14. The van der Waals surface area contributed by atoms with E-state index in [0.29, 0.717) is 18.0 Å². The van der Waals surface area contributed by atoms with Crippen LogP contribution in [-0.4, -0.2) is 29.8 Å². The zero-order valence-electron chi connectivity index (χ0n) is 13.1. The highest BCUT2D eigenvalue weighted by molar-refractivity contribution is 7.93. The minimum absolute atomic E-state index is 0.178. The largest absolute Gasteiger partial charge is 0.494 e. The van der Waals surface area contributed by atoms with E-state index in [4.69, 9.17) is 4.74 Å². The van der Waals surface area contributed by atoms with E-state index in [0.717, 1.165) is 12.4 Å². The summed E-state index contributed by atoms with van der Waals surface area (Å²) in [5.41, 5.74) is 0.607. The molecule has 2 aromatic rings. The van der Waals surface area contributed by atoms with Gasteiger partial charge in [-0.15, -0.1) is 4.40 Å². The first kappa shape index (κ1) is 17.2. The molecule has 1 aliphatic rings. The van der Waals surface area contributed by atoms with Crippen LogP contribution in [0.2, 0.25) is 0 Å². The molecule has 3 rings (SSSR count). The molecule has 10 heteroatoms. The van der Waals surface area contributed by atoms with Crippen LogP contribution in [-0.2, 0) is 20.0 Å². The highest BCUT2D eigenvalue weighted by Gasteiger charge is 2.24. The predicted octanol–water partition coefficient (Wildman–Crippen LogP) is 2.03. The van der Waals surface area contributed by atoms with E-state index in [1.807, 2.05) is 6.92 Å². The van der Waals surface area contributed by atoms with Gasteiger partial charge in [0.15, 0.2) is 0 Å². The van der Waals surface area contributed by atoms with Crippen LogP contribution in [0.5, 0.6) is 5.75 Å². The first-order valence-electron chi connectivity index (χ1n) is 7.27. The number of fused-ring (bicyclic) bond motifs is 1. The molecule has 0 spiro atoms. The summed E-state index contributed by atoms with van der Waals surface area (Å²) in [5, 5.41) is 2.66. The molecule has 2 N–H and O–H groups in total. The molecule has 1 aliphatic heterocycles. The van der Waals surface area contributed by atoms with Crippen molar-refractivity contribution >= 4 is 37.8 Å². The fourth-order valence-corrected chi connectivity index (χ4v) is 4.37. The number of sulfonamides is 2. The zero-order chi connectivity index (χ0) is 18.1. The summed E-state index contributed by atoms with van der Waals surface area (Å²) in [7, 11) is -7.87. The van der Waals surface area contributed by atoms with Crippen molar-refractivity contribution in [2.45, 2.75) is 16.7 Å². The highest BCUT2D eigenvalue weighted by atomic mass is 32.2. The van der Waals surface area contributed by atoms with E-state index in [-0.39, 0.29) is 15.5 Å². The van der Waals surface area contributed by atoms with Crippen molar-refractivity contribution in [3.63, 3.8) is 0 Å². The monoisotopic (exact) mass is 381 g/mol. The van der Waals surface area contributed by atoms with Crippen LogP contribution in [0.4, 0.5) is 11.4 Å². The molecular formula is C15H15N3O5S2. The van der Waals surface area contributed by atoms with Gasteiger partial charge in [-0.1, -0.05) is 0 Å². The van der Waals surface area contributed by atoms with Gasteiger partial charge in [-0.25, -0.2) is 8.42 Å². The van der Waals surface area contributed by atoms with Gasteiger partial charge in [0.1, 0.15) is 17.0 Å². The standard InChI is InChI=1S/C15H15N3O5S2/c1-2-23-12-5-3-11(4-6-12)18-24(19,20)13-7-8-14-15(9-13)25(21,22)17-10-16-14/h3-10,18H,2H2,1H3,(H,16,17). The SMILES string of the molecule is CCOc1ccc(NS(=O)(=O)c2ccc3c(c2)S(=O)(=O)N=CN3)cc1.